The highest BCUT2D eigenvalue weighted by molar-refractivity contribution is 5.95. The molecule has 2 aliphatic heterocycles. The fourth-order valence-corrected chi connectivity index (χ4v) is 4.91. The smallest absolute Gasteiger partial charge is 0.414 e. The van der Waals surface area contributed by atoms with Crippen molar-refractivity contribution in [2.45, 2.75) is 13.0 Å². The number of likely N-dealkylation sites (N-methyl/N-ethyl adjacent to an activating group) is 1. The zero-order valence-electron chi connectivity index (χ0n) is 23.2. The average Bonchev–Trinajstić information content (AvgIpc) is 3.61. The molecule has 1 N–H and O–H groups in total. The lowest BCUT2D eigenvalue weighted by Gasteiger charge is -2.37. The number of ether oxygens (including phenoxy) is 2. The van der Waals surface area contributed by atoms with Gasteiger partial charge in [-0.3, -0.25) is 18.9 Å². The van der Waals surface area contributed by atoms with Crippen LogP contribution < -0.4 is 15.1 Å². The summed E-state index contributed by atoms with van der Waals surface area (Å²) < 4.78 is 26.6. The van der Waals surface area contributed by atoms with Crippen LogP contribution in [-0.4, -0.2) is 114 Å². The number of anilines is 2. The molecule has 1 aromatic carbocycles. The van der Waals surface area contributed by atoms with Gasteiger partial charge in [0, 0.05) is 51.3 Å². The van der Waals surface area contributed by atoms with Crippen molar-refractivity contribution in [1.29, 1.82) is 0 Å². The van der Waals surface area contributed by atoms with Crippen LogP contribution in [-0.2, 0) is 14.3 Å². The maximum absolute atomic E-state index is 15.2. The van der Waals surface area contributed by atoms with Gasteiger partial charge in [-0.25, -0.2) is 23.9 Å². The number of carbonyl (C=O) groups is 4. The Hall–Kier alpha value is -4.95. The first-order valence-electron chi connectivity index (χ1n) is 13.5. The lowest BCUT2D eigenvalue weighted by atomic mass is 10.2. The number of cyclic esters (lactones) is 1. The van der Waals surface area contributed by atoms with Crippen molar-refractivity contribution in [2.75, 3.05) is 69.3 Å². The summed E-state index contributed by atoms with van der Waals surface area (Å²) in [6.45, 7) is 3.76. The second kappa shape index (κ2) is 12.3. The molecule has 1 unspecified atom stereocenters. The van der Waals surface area contributed by atoms with Crippen LogP contribution in [0.5, 0.6) is 0 Å². The largest absolute Gasteiger partial charge is 0.453 e. The number of benzene rings is 1. The number of piperazine rings is 1. The summed E-state index contributed by atoms with van der Waals surface area (Å²) in [5.74, 6) is -0.672. The normalized spacial score (nSPS) is 16.9. The quantitative estimate of drug-likeness (QED) is 0.417. The summed E-state index contributed by atoms with van der Waals surface area (Å²) in [5, 5.41) is 2.47. The molecule has 0 aliphatic carbocycles. The van der Waals surface area contributed by atoms with Crippen LogP contribution in [0.15, 0.2) is 42.9 Å². The van der Waals surface area contributed by atoms with Crippen molar-refractivity contribution in [3.05, 3.63) is 54.4 Å². The van der Waals surface area contributed by atoms with E-state index < -0.39 is 24.1 Å². The van der Waals surface area contributed by atoms with E-state index >= 15 is 4.39 Å². The number of hydrogen-bond acceptors (Lipinski definition) is 9. The zero-order chi connectivity index (χ0) is 29.8. The van der Waals surface area contributed by atoms with Crippen LogP contribution in [0.3, 0.4) is 0 Å². The monoisotopic (exact) mass is 582 g/mol. The second-order valence-corrected chi connectivity index (χ2v) is 9.76. The molecule has 2 saturated heterocycles. The number of halogens is 1. The molecule has 5 rings (SSSR count). The van der Waals surface area contributed by atoms with Crippen LogP contribution in [0.1, 0.15) is 17.4 Å². The summed E-state index contributed by atoms with van der Waals surface area (Å²) in [5.41, 5.74) is 0.900. The molecular formula is C27H31FN8O6. The standard InChI is InChI=1S/C27H31FN8O6/c1-3-32(24(38)21-16-35-8-4-7-29-25(35)31-21)17-23(37)34-11-9-33(10-12-34)22-6-5-18(13-20(22)28)36-15-19(42-27(36)40)14-30-26(39)41-2/h4-8,13,16,19H,3,9-12,14-15,17H2,1-2H3,(H,30,39). The third-order valence-corrected chi connectivity index (χ3v) is 7.20. The lowest BCUT2D eigenvalue weighted by molar-refractivity contribution is -0.132. The van der Waals surface area contributed by atoms with Gasteiger partial charge in [-0.05, 0) is 31.2 Å². The number of fused-ring (bicyclic) bond motifs is 1. The Bertz CT molecular complexity index is 1460. The minimum absolute atomic E-state index is 0.0701. The Kier molecular flexibility index (Phi) is 8.36. The zero-order valence-corrected chi connectivity index (χ0v) is 23.2. The van der Waals surface area contributed by atoms with Gasteiger partial charge in [-0.2, -0.15) is 0 Å². The SMILES string of the molecule is CCN(CC(=O)N1CCN(c2ccc(N3CC(CNC(=O)OC)OC3=O)cc2F)CC1)C(=O)c1cn2cccnc2n1. The fourth-order valence-electron chi connectivity index (χ4n) is 4.91. The van der Waals surface area contributed by atoms with Gasteiger partial charge >= 0.3 is 12.2 Å². The molecule has 2 fully saturated rings. The number of nitrogens with one attached hydrogen (secondary N) is 1. The number of aromatic nitrogens is 3. The van der Waals surface area contributed by atoms with E-state index in [1.54, 1.807) is 53.0 Å². The highest BCUT2D eigenvalue weighted by Gasteiger charge is 2.33. The predicted octanol–water partition coefficient (Wildman–Crippen LogP) is 1.36. The molecule has 42 heavy (non-hydrogen) atoms. The van der Waals surface area contributed by atoms with Crippen LogP contribution in [0, 0.1) is 5.82 Å². The van der Waals surface area contributed by atoms with E-state index in [0.717, 1.165) is 0 Å². The average molecular weight is 583 g/mol. The van der Waals surface area contributed by atoms with Gasteiger partial charge in [0.1, 0.15) is 24.2 Å². The number of amides is 4. The van der Waals surface area contributed by atoms with Crippen molar-refractivity contribution < 1.29 is 33.0 Å². The predicted molar refractivity (Wildman–Crippen MR) is 148 cm³/mol. The number of rotatable bonds is 8. The highest BCUT2D eigenvalue weighted by atomic mass is 19.1. The molecule has 0 saturated carbocycles. The van der Waals surface area contributed by atoms with Gasteiger partial charge in [-0.15, -0.1) is 0 Å². The Labute approximate surface area is 240 Å². The van der Waals surface area contributed by atoms with E-state index in [2.05, 4.69) is 20.0 Å². The van der Waals surface area contributed by atoms with Gasteiger partial charge in [0.25, 0.3) is 5.91 Å². The van der Waals surface area contributed by atoms with Crippen molar-refractivity contribution in [2.24, 2.45) is 0 Å². The maximum Gasteiger partial charge on any atom is 0.414 e. The molecule has 2 aromatic heterocycles. The number of methoxy groups -OCH3 is 1. The molecule has 2 aliphatic rings. The second-order valence-electron chi connectivity index (χ2n) is 9.76. The van der Waals surface area contributed by atoms with Crippen LogP contribution >= 0.6 is 0 Å². The van der Waals surface area contributed by atoms with E-state index in [1.807, 2.05) is 4.90 Å². The minimum Gasteiger partial charge on any atom is -0.453 e. The highest BCUT2D eigenvalue weighted by Crippen LogP contribution is 2.28. The van der Waals surface area contributed by atoms with Gasteiger partial charge in [0.05, 0.1) is 31.6 Å². The number of nitrogens with zero attached hydrogens (tertiary/aromatic N) is 7. The Morgan fingerprint density at radius 3 is 2.69 bits per heavy atom. The van der Waals surface area contributed by atoms with Crippen LogP contribution in [0.2, 0.25) is 0 Å². The third kappa shape index (κ3) is 6.04. The molecule has 15 heteroatoms. The minimum atomic E-state index is -0.640. The fraction of sp³-hybridized carbons (Fsp3) is 0.407. The van der Waals surface area contributed by atoms with E-state index in [0.29, 0.717) is 49.9 Å². The van der Waals surface area contributed by atoms with Crippen molar-refractivity contribution in [3.63, 3.8) is 0 Å². The molecule has 4 heterocycles. The molecule has 1 atom stereocenters. The first-order chi connectivity index (χ1) is 20.3. The maximum atomic E-state index is 15.2. The van der Waals surface area contributed by atoms with Gasteiger partial charge in [-0.1, -0.05) is 0 Å². The van der Waals surface area contributed by atoms with Crippen molar-refractivity contribution >= 4 is 41.2 Å². The molecule has 0 spiro atoms. The first-order valence-corrected chi connectivity index (χ1v) is 13.5. The van der Waals surface area contributed by atoms with E-state index in [4.69, 9.17) is 4.74 Å². The number of alkyl carbamates (subject to hydrolysis) is 1. The van der Waals surface area contributed by atoms with Crippen molar-refractivity contribution in [1.82, 2.24) is 29.5 Å². The number of carbonyl (C=O) groups excluding carboxylic acids is 4. The lowest BCUT2D eigenvalue weighted by Crippen LogP contribution is -2.52. The molecule has 0 bridgehead atoms. The summed E-state index contributed by atoms with van der Waals surface area (Å²) in [6.07, 6.45) is 3.05. The molecule has 14 nitrogen and oxygen atoms in total. The van der Waals surface area contributed by atoms with Gasteiger partial charge < -0.3 is 29.5 Å². The Morgan fingerprint density at radius 1 is 1.21 bits per heavy atom. The molecule has 0 radical (unpaired) electrons. The summed E-state index contributed by atoms with van der Waals surface area (Å²) >= 11 is 0. The van der Waals surface area contributed by atoms with Crippen molar-refractivity contribution in [3.8, 4) is 0 Å². The Balaban J connectivity index is 1.15. The molecule has 222 valence electrons. The molecule has 4 amide bonds. The van der Waals surface area contributed by atoms with Crippen LogP contribution in [0.4, 0.5) is 25.4 Å². The van der Waals surface area contributed by atoms with Crippen LogP contribution in [0.25, 0.3) is 5.78 Å². The summed E-state index contributed by atoms with van der Waals surface area (Å²) in [4.78, 5) is 64.3. The topological polar surface area (TPSA) is 142 Å². The van der Waals surface area contributed by atoms with E-state index in [-0.39, 0.29) is 37.1 Å². The number of imidazole rings is 1. The summed E-state index contributed by atoms with van der Waals surface area (Å²) in [6, 6.07) is 6.23. The molecule has 3 aromatic rings. The van der Waals surface area contributed by atoms with E-state index in [1.165, 1.54) is 23.0 Å². The first kappa shape index (κ1) is 28.6. The molecular weight excluding hydrogens is 551 g/mol. The Morgan fingerprint density at radius 2 is 2.00 bits per heavy atom. The summed E-state index contributed by atoms with van der Waals surface area (Å²) in [7, 11) is 1.23. The van der Waals surface area contributed by atoms with E-state index in [9.17, 15) is 19.2 Å². The van der Waals surface area contributed by atoms with Gasteiger partial charge in [0.15, 0.2) is 0 Å². The number of hydrogen-bond donors (Lipinski definition) is 1. The van der Waals surface area contributed by atoms with Gasteiger partial charge in [0.2, 0.25) is 11.7 Å². The third-order valence-electron chi connectivity index (χ3n) is 7.20.